The van der Waals surface area contributed by atoms with Gasteiger partial charge in [0, 0.05) is 51.9 Å². The number of sulfonamides is 1. The maximum Gasteiger partial charge on any atom is 0.317 e. The summed E-state index contributed by atoms with van der Waals surface area (Å²) in [5, 5.41) is 3.07. The summed E-state index contributed by atoms with van der Waals surface area (Å²) in [6, 6.07) is 4.94. The van der Waals surface area contributed by atoms with Gasteiger partial charge in [-0.05, 0) is 43.0 Å². The van der Waals surface area contributed by atoms with E-state index in [-0.39, 0.29) is 23.5 Å². The standard InChI is InChI=1S/C22H35FN4O4S/c1-18(2)16-20(25-12-14-31-15-13-25)17-24-22(28)26-8-3-9-27(11-10-26)32(29,30)21-6-4-19(23)5-7-21/h4-7,18,20H,3,8-17H2,1-2H3,(H,24,28). The van der Waals surface area contributed by atoms with Gasteiger partial charge in [-0.3, -0.25) is 4.90 Å². The highest BCUT2D eigenvalue weighted by Crippen LogP contribution is 2.18. The van der Waals surface area contributed by atoms with Crippen molar-refractivity contribution in [1.29, 1.82) is 0 Å². The quantitative estimate of drug-likeness (QED) is 0.659. The average Bonchev–Trinajstić information content (AvgIpc) is 3.04. The molecule has 3 rings (SSSR count). The van der Waals surface area contributed by atoms with Gasteiger partial charge in [-0.15, -0.1) is 0 Å². The van der Waals surface area contributed by atoms with Crippen LogP contribution in [-0.2, 0) is 14.8 Å². The van der Waals surface area contributed by atoms with E-state index >= 15 is 0 Å². The highest BCUT2D eigenvalue weighted by atomic mass is 32.2. The van der Waals surface area contributed by atoms with E-state index in [2.05, 4.69) is 24.1 Å². The number of rotatable bonds is 7. The lowest BCUT2D eigenvalue weighted by Gasteiger charge is -2.36. The van der Waals surface area contributed by atoms with E-state index in [4.69, 9.17) is 4.74 Å². The van der Waals surface area contributed by atoms with Crippen molar-refractivity contribution in [2.75, 3.05) is 59.0 Å². The minimum atomic E-state index is -3.72. The molecule has 0 spiro atoms. The molecule has 0 saturated carbocycles. The molecule has 1 aromatic carbocycles. The summed E-state index contributed by atoms with van der Waals surface area (Å²) >= 11 is 0. The van der Waals surface area contributed by atoms with Crippen LogP contribution in [0.5, 0.6) is 0 Å². The number of halogens is 1. The van der Waals surface area contributed by atoms with E-state index in [1.165, 1.54) is 16.4 Å². The molecular formula is C22H35FN4O4S. The summed E-state index contributed by atoms with van der Waals surface area (Å²) in [6.07, 6.45) is 1.54. The maximum atomic E-state index is 13.2. The van der Waals surface area contributed by atoms with Gasteiger partial charge in [-0.1, -0.05) is 13.8 Å². The fourth-order valence-corrected chi connectivity index (χ4v) is 5.73. The Morgan fingerprint density at radius 3 is 2.41 bits per heavy atom. The molecule has 0 radical (unpaired) electrons. The Labute approximate surface area is 190 Å². The van der Waals surface area contributed by atoms with E-state index in [0.717, 1.165) is 31.6 Å². The zero-order valence-corrected chi connectivity index (χ0v) is 19.8. The second kappa shape index (κ2) is 11.4. The fraction of sp³-hybridized carbons (Fsp3) is 0.682. The number of hydrogen-bond acceptors (Lipinski definition) is 5. The molecule has 2 heterocycles. The molecule has 2 saturated heterocycles. The van der Waals surface area contributed by atoms with Gasteiger partial charge in [0.2, 0.25) is 10.0 Å². The van der Waals surface area contributed by atoms with Crippen LogP contribution in [0.1, 0.15) is 26.7 Å². The molecule has 1 aromatic rings. The third-order valence-corrected chi connectivity index (χ3v) is 7.90. The Hall–Kier alpha value is -1.75. The molecule has 2 amide bonds. The highest BCUT2D eigenvalue weighted by Gasteiger charge is 2.29. The van der Waals surface area contributed by atoms with E-state index in [1.54, 1.807) is 4.90 Å². The third kappa shape index (κ3) is 6.63. The lowest BCUT2D eigenvalue weighted by Crippen LogP contribution is -2.51. The Bertz CT molecular complexity index is 844. The van der Waals surface area contributed by atoms with Crippen LogP contribution >= 0.6 is 0 Å². The first-order chi connectivity index (χ1) is 15.3. The summed E-state index contributed by atoms with van der Waals surface area (Å²) < 4.78 is 45.8. The summed E-state index contributed by atoms with van der Waals surface area (Å²) in [7, 11) is -3.72. The molecule has 8 nitrogen and oxygen atoms in total. The molecule has 0 aliphatic carbocycles. The van der Waals surface area contributed by atoms with E-state index < -0.39 is 15.8 Å². The van der Waals surface area contributed by atoms with Crippen molar-refractivity contribution in [3.63, 3.8) is 0 Å². The third-order valence-electron chi connectivity index (χ3n) is 5.99. The molecular weight excluding hydrogens is 435 g/mol. The lowest BCUT2D eigenvalue weighted by atomic mass is 10.0. The van der Waals surface area contributed by atoms with Gasteiger partial charge >= 0.3 is 6.03 Å². The number of nitrogens with one attached hydrogen (secondary N) is 1. The Morgan fingerprint density at radius 2 is 1.75 bits per heavy atom. The van der Waals surface area contributed by atoms with Gasteiger partial charge < -0.3 is 15.0 Å². The van der Waals surface area contributed by atoms with Crippen LogP contribution in [-0.4, -0.2) is 93.6 Å². The monoisotopic (exact) mass is 470 g/mol. The summed E-state index contributed by atoms with van der Waals surface area (Å²) in [5.74, 6) is 0.0404. The van der Waals surface area contributed by atoms with Crippen molar-refractivity contribution in [3.8, 4) is 0 Å². The predicted octanol–water partition coefficient (Wildman–Crippen LogP) is 1.98. The molecule has 180 valence electrons. The minimum Gasteiger partial charge on any atom is -0.379 e. The van der Waals surface area contributed by atoms with Crippen molar-refractivity contribution in [3.05, 3.63) is 30.1 Å². The Morgan fingerprint density at radius 1 is 1.06 bits per heavy atom. The molecule has 10 heteroatoms. The van der Waals surface area contributed by atoms with Gasteiger partial charge in [-0.25, -0.2) is 17.6 Å². The van der Waals surface area contributed by atoms with Gasteiger partial charge in [0.25, 0.3) is 0 Å². The van der Waals surface area contributed by atoms with Crippen LogP contribution in [0.25, 0.3) is 0 Å². The number of urea groups is 1. The molecule has 2 aliphatic heterocycles. The summed E-state index contributed by atoms with van der Waals surface area (Å²) in [4.78, 5) is 17.0. The van der Waals surface area contributed by atoms with Crippen molar-refractivity contribution < 1.29 is 22.3 Å². The first-order valence-corrected chi connectivity index (χ1v) is 12.8. The Kier molecular flexibility index (Phi) is 8.87. The zero-order valence-electron chi connectivity index (χ0n) is 19.0. The van der Waals surface area contributed by atoms with Crippen molar-refractivity contribution in [2.24, 2.45) is 5.92 Å². The van der Waals surface area contributed by atoms with E-state index in [9.17, 15) is 17.6 Å². The predicted molar refractivity (Wildman–Crippen MR) is 120 cm³/mol. The lowest BCUT2D eigenvalue weighted by molar-refractivity contribution is 0.0127. The SMILES string of the molecule is CC(C)CC(CNC(=O)N1CCCN(S(=O)(=O)c2ccc(F)cc2)CC1)N1CCOCC1. The molecule has 1 unspecified atom stereocenters. The first kappa shape index (κ1) is 24.9. The molecule has 2 fully saturated rings. The number of morpholine rings is 1. The first-order valence-electron chi connectivity index (χ1n) is 11.4. The highest BCUT2D eigenvalue weighted by molar-refractivity contribution is 7.89. The maximum absolute atomic E-state index is 13.2. The topological polar surface area (TPSA) is 82.2 Å². The molecule has 1 N–H and O–H groups in total. The smallest absolute Gasteiger partial charge is 0.317 e. The van der Waals surface area contributed by atoms with Crippen LogP contribution in [0, 0.1) is 11.7 Å². The largest absolute Gasteiger partial charge is 0.379 e. The van der Waals surface area contributed by atoms with Gasteiger partial charge in [0.15, 0.2) is 0 Å². The van der Waals surface area contributed by atoms with E-state index in [0.29, 0.717) is 51.7 Å². The second-order valence-corrected chi connectivity index (χ2v) is 10.8. The van der Waals surface area contributed by atoms with Crippen molar-refractivity contribution in [1.82, 2.24) is 19.4 Å². The number of benzene rings is 1. The fourth-order valence-electron chi connectivity index (χ4n) is 4.26. The molecule has 0 aromatic heterocycles. The minimum absolute atomic E-state index is 0.0684. The molecule has 2 aliphatic rings. The van der Waals surface area contributed by atoms with Gasteiger partial charge in [0.05, 0.1) is 18.1 Å². The zero-order chi connectivity index (χ0) is 23.1. The Balaban J connectivity index is 1.55. The number of hydrogen-bond donors (Lipinski definition) is 1. The van der Waals surface area contributed by atoms with Crippen LogP contribution in [0.3, 0.4) is 0 Å². The van der Waals surface area contributed by atoms with Crippen LogP contribution < -0.4 is 5.32 Å². The molecule has 1 atom stereocenters. The van der Waals surface area contributed by atoms with Crippen LogP contribution in [0.4, 0.5) is 9.18 Å². The van der Waals surface area contributed by atoms with Crippen molar-refractivity contribution in [2.45, 2.75) is 37.6 Å². The number of carbonyl (C=O) groups is 1. The average molecular weight is 471 g/mol. The van der Waals surface area contributed by atoms with Crippen LogP contribution in [0.15, 0.2) is 29.2 Å². The number of ether oxygens (including phenoxy) is 1. The molecule has 0 bridgehead atoms. The summed E-state index contributed by atoms with van der Waals surface area (Å²) in [5.41, 5.74) is 0. The van der Waals surface area contributed by atoms with Crippen molar-refractivity contribution >= 4 is 16.1 Å². The number of carbonyl (C=O) groups excluding carboxylic acids is 1. The normalized spacial score (nSPS) is 20.2. The molecule has 32 heavy (non-hydrogen) atoms. The van der Waals surface area contributed by atoms with E-state index in [1.807, 2.05) is 0 Å². The number of amides is 2. The van der Waals surface area contributed by atoms with Crippen LogP contribution in [0.2, 0.25) is 0 Å². The second-order valence-electron chi connectivity index (χ2n) is 8.82. The van der Waals surface area contributed by atoms with Gasteiger partial charge in [0.1, 0.15) is 5.82 Å². The summed E-state index contributed by atoms with van der Waals surface area (Å²) in [6.45, 7) is 9.44. The van der Waals surface area contributed by atoms with Gasteiger partial charge in [-0.2, -0.15) is 4.31 Å². The number of nitrogens with zero attached hydrogens (tertiary/aromatic N) is 3.